The van der Waals surface area contributed by atoms with E-state index in [4.69, 9.17) is 14.7 Å². The van der Waals surface area contributed by atoms with Gasteiger partial charge >= 0.3 is 0 Å². The van der Waals surface area contributed by atoms with Gasteiger partial charge in [-0.05, 0) is 18.2 Å². The summed E-state index contributed by atoms with van der Waals surface area (Å²) in [7, 11) is 4.87. The minimum Gasteiger partial charge on any atom is -0.493 e. The summed E-state index contributed by atoms with van der Waals surface area (Å²) >= 11 is 0. The van der Waals surface area contributed by atoms with Crippen molar-refractivity contribution in [3.63, 3.8) is 0 Å². The fourth-order valence-electron chi connectivity index (χ4n) is 1.74. The minimum absolute atomic E-state index is 0.282. The molecule has 6 nitrogen and oxygen atoms in total. The van der Waals surface area contributed by atoms with Crippen LogP contribution in [-0.4, -0.2) is 29.2 Å². The Morgan fingerprint density at radius 1 is 1.22 bits per heavy atom. The molecule has 0 spiro atoms. The summed E-state index contributed by atoms with van der Waals surface area (Å²) in [6, 6.07) is 7.42. The van der Waals surface area contributed by atoms with Crippen LogP contribution in [0.5, 0.6) is 11.5 Å². The van der Waals surface area contributed by atoms with Crippen molar-refractivity contribution in [2.75, 3.05) is 14.2 Å². The van der Waals surface area contributed by atoms with Crippen molar-refractivity contribution in [3.05, 3.63) is 23.9 Å². The molecular formula is C12H12N4O2. The number of hydrogen-bond donors (Lipinski definition) is 0. The van der Waals surface area contributed by atoms with E-state index in [1.807, 2.05) is 12.1 Å². The topological polar surface area (TPSA) is 73.0 Å². The van der Waals surface area contributed by atoms with Crippen LogP contribution in [0, 0.1) is 11.3 Å². The first-order valence-corrected chi connectivity index (χ1v) is 5.23. The fraction of sp³-hybridized carbons (Fsp3) is 0.250. The second kappa shape index (κ2) is 4.75. The van der Waals surface area contributed by atoms with Crippen LogP contribution in [0.25, 0.3) is 11.3 Å². The summed E-state index contributed by atoms with van der Waals surface area (Å²) in [6.07, 6.45) is 0. The molecule has 1 aromatic carbocycles. The second-order valence-corrected chi connectivity index (χ2v) is 3.59. The van der Waals surface area contributed by atoms with E-state index in [9.17, 15) is 0 Å². The van der Waals surface area contributed by atoms with E-state index < -0.39 is 0 Å². The van der Waals surface area contributed by atoms with E-state index in [1.54, 1.807) is 38.1 Å². The van der Waals surface area contributed by atoms with Crippen LogP contribution < -0.4 is 9.47 Å². The van der Waals surface area contributed by atoms with Crippen molar-refractivity contribution in [2.45, 2.75) is 0 Å². The maximum Gasteiger partial charge on any atom is 0.190 e. The number of nitrogens with zero attached hydrogens (tertiary/aromatic N) is 4. The quantitative estimate of drug-likeness (QED) is 0.815. The van der Waals surface area contributed by atoms with E-state index in [-0.39, 0.29) is 5.69 Å². The minimum atomic E-state index is 0.282. The van der Waals surface area contributed by atoms with Crippen molar-refractivity contribution in [2.24, 2.45) is 7.05 Å². The first-order chi connectivity index (χ1) is 8.71. The van der Waals surface area contributed by atoms with E-state index in [0.29, 0.717) is 17.2 Å². The van der Waals surface area contributed by atoms with Gasteiger partial charge in [0.1, 0.15) is 11.8 Å². The van der Waals surface area contributed by atoms with Gasteiger partial charge < -0.3 is 9.47 Å². The van der Waals surface area contributed by atoms with Gasteiger partial charge in [-0.2, -0.15) is 5.26 Å². The lowest BCUT2D eigenvalue weighted by Gasteiger charge is -2.09. The summed E-state index contributed by atoms with van der Waals surface area (Å²) in [5, 5.41) is 16.6. The Hall–Kier alpha value is -2.55. The lowest BCUT2D eigenvalue weighted by atomic mass is 10.1. The molecule has 0 atom stereocenters. The van der Waals surface area contributed by atoms with Crippen LogP contribution in [0.4, 0.5) is 0 Å². The van der Waals surface area contributed by atoms with Gasteiger partial charge in [0.15, 0.2) is 17.2 Å². The van der Waals surface area contributed by atoms with E-state index in [1.165, 1.54) is 0 Å². The summed E-state index contributed by atoms with van der Waals surface area (Å²) in [5.74, 6) is 1.23. The SMILES string of the molecule is COc1ccc(-c2c(C#N)nnn2C)cc1OC. The van der Waals surface area contributed by atoms with Gasteiger partial charge in [-0.3, -0.25) is 0 Å². The summed E-state index contributed by atoms with van der Waals surface area (Å²) in [4.78, 5) is 0. The Bertz CT molecular complexity index is 613. The molecule has 92 valence electrons. The zero-order valence-corrected chi connectivity index (χ0v) is 10.3. The molecule has 2 aromatic rings. The first kappa shape index (κ1) is 11.9. The first-order valence-electron chi connectivity index (χ1n) is 5.23. The molecule has 0 radical (unpaired) electrons. The Labute approximate surface area is 104 Å². The smallest absolute Gasteiger partial charge is 0.190 e. The number of aryl methyl sites for hydroxylation is 1. The molecule has 0 amide bonds. The van der Waals surface area contributed by atoms with Gasteiger partial charge in [0.2, 0.25) is 0 Å². The predicted molar refractivity (Wildman–Crippen MR) is 64.3 cm³/mol. The number of methoxy groups -OCH3 is 2. The number of benzene rings is 1. The van der Waals surface area contributed by atoms with Crippen molar-refractivity contribution in [1.29, 1.82) is 5.26 Å². The monoisotopic (exact) mass is 244 g/mol. The molecule has 0 aliphatic rings. The maximum atomic E-state index is 9.00. The van der Waals surface area contributed by atoms with E-state index in [2.05, 4.69) is 10.3 Å². The molecule has 18 heavy (non-hydrogen) atoms. The second-order valence-electron chi connectivity index (χ2n) is 3.59. The average molecular weight is 244 g/mol. The molecule has 1 heterocycles. The molecule has 0 saturated heterocycles. The van der Waals surface area contributed by atoms with Crippen LogP contribution in [-0.2, 0) is 7.05 Å². The highest BCUT2D eigenvalue weighted by Gasteiger charge is 2.14. The van der Waals surface area contributed by atoms with Gasteiger partial charge in [-0.1, -0.05) is 5.21 Å². The highest BCUT2D eigenvalue weighted by atomic mass is 16.5. The van der Waals surface area contributed by atoms with Gasteiger partial charge in [0.05, 0.1) is 14.2 Å². The third-order valence-corrected chi connectivity index (χ3v) is 2.59. The summed E-state index contributed by atoms with van der Waals surface area (Å²) < 4.78 is 12.0. The predicted octanol–water partition coefficient (Wildman–Crippen LogP) is 1.37. The van der Waals surface area contributed by atoms with Crippen molar-refractivity contribution in [1.82, 2.24) is 15.0 Å². The molecule has 1 aromatic heterocycles. The van der Waals surface area contributed by atoms with Crippen LogP contribution >= 0.6 is 0 Å². The normalized spacial score (nSPS) is 9.89. The highest BCUT2D eigenvalue weighted by Crippen LogP contribution is 2.32. The average Bonchev–Trinajstić information content (AvgIpc) is 2.79. The zero-order valence-electron chi connectivity index (χ0n) is 10.3. The highest BCUT2D eigenvalue weighted by molar-refractivity contribution is 5.68. The zero-order chi connectivity index (χ0) is 13.1. The largest absolute Gasteiger partial charge is 0.493 e. The summed E-state index contributed by atoms with van der Waals surface area (Å²) in [5.41, 5.74) is 1.74. The molecule has 0 bridgehead atoms. The summed E-state index contributed by atoms with van der Waals surface area (Å²) in [6.45, 7) is 0. The maximum absolute atomic E-state index is 9.00. The number of nitriles is 1. The molecule has 6 heteroatoms. The number of hydrogen-bond acceptors (Lipinski definition) is 5. The molecule has 0 aliphatic carbocycles. The molecule has 0 unspecified atom stereocenters. The van der Waals surface area contributed by atoms with Crippen molar-refractivity contribution >= 4 is 0 Å². The molecule has 2 rings (SSSR count). The Kier molecular flexibility index (Phi) is 3.15. The van der Waals surface area contributed by atoms with Gasteiger partial charge in [-0.25, -0.2) is 4.68 Å². The number of aromatic nitrogens is 3. The third kappa shape index (κ3) is 1.86. The van der Waals surface area contributed by atoms with Crippen LogP contribution in [0.2, 0.25) is 0 Å². The van der Waals surface area contributed by atoms with Crippen LogP contribution in [0.15, 0.2) is 18.2 Å². The molecule has 0 saturated carbocycles. The van der Waals surface area contributed by atoms with Crippen molar-refractivity contribution in [3.8, 4) is 28.8 Å². The standard InChI is InChI=1S/C12H12N4O2/c1-16-12(9(7-13)14-15-16)8-4-5-10(17-2)11(6-8)18-3/h4-6H,1-3H3. The van der Waals surface area contributed by atoms with E-state index in [0.717, 1.165) is 5.56 Å². The molecule has 0 aliphatic heterocycles. The lowest BCUT2D eigenvalue weighted by molar-refractivity contribution is 0.355. The van der Waals surface area contributed by atoms with Gasteiger partial charge in [0, 0.05) is 12.6 Å². The van der Waals surface area contributed by atoms with E-state index >= 15 is 0 Å². The van der Waals surface area contributed by atoms with Crippen LogP contribution in [0.1, 0.15) is 5.69 Å². The molecule has 0 N–H and O–H groups in total. The Morgan fingerprint density at radius 2 is 1.94 bits per heavy atom. The van der Waals surface area contributed by atoms with Crippen molar-refractivity contribution < 1.29 is 9.47 Å². The van der Waals surface area contributed by atoms with Crippen LogP contribution in [0.3, 0.4) is 0 Å². The number of rotatable bonds is 3. The Morgan fingerprint density at radius 3 is 2.56 bits per heavy atom. The molecular weight excluding hydrogens is 232 g/mol. The van der Waals surface area contributed by atoms with Gasteiger partial charge in [-0.15, -0.1) is 5.10 Å². The third-order valence-electron chi connectivity index (χ3n) is 2.59. The fourth-order valence-corrected chi connectivity index (χ4v) is 1.74. The Balaban J connectivity index is 2.58. The number of ether oxygens (including phenoxy) is 2. The molecule has 0 fully saturated rings. The van der Waals surface area contributed by atoms with Gasteiger partial charge in [0.25, 0.3) is 0 Å². The lowest BCUT2D eigenvalue weighted by Crippen LogP contribution is -1.96.